The highest BCUT2D eigenvalue weighted by atomic mass is 32.1. The van der Waals surface area contributed by atoms with Gasteiger partial charge in [0.2, 0.25) is 0 Å². The number of thiazole rings is 1. The van der Waals surface area contributed by atoms with E-state index < -0.39 is 17.4 Å². The van der Waals surface area contributed by atoms with E-state index in [0.29, 0.717) is 23.2 Å². The summed E-state index contributed by atoms with van der Waals surface area (Å²) >= 11 is 1.25. The minimum absolute atomic E-state index is 0.117. The molecule has 1 aromatic rings. The maximum absolute atomic E-state index is 12.6. The van der Waals surface area contributed by atoms with Gasteiger partial charge in [-0.25, -0.2) is 4.98 Å². The molecule has 0 aliphatic carbocycles. The van der Waals surface area contributed by atoms with E-state index in [2.05, 4.69) is 18.8 Å². The molecular formula is C15H24N2O4S. The van der Waals surface area contributed by atoms with Crippen molar-refractivity contribution in [3.8, 4) is 0 Å². The second-order valence-corrected chi connectivity index (χ2v) is 6.59. The molecular weight excluding hydrogens is 304 g/mol. The number of nitrogen functional groups attached to an aromatic ring is 1. The number of anilines is 1. The third-order valence-electron chi connectivity index (χ3n) is 3.59. The molecule has 0 amide bonds. The lowest BCUT2D eigenvalue weighted by atomic mass is 9.75. The standard InChI is InChI=1S/C15H24N2O4S/c1-4-21-13(20)15(7-5-10(2)3,8-6-12(18)19)11-9-22-14(16)17-11/h9-10H,4-8H2,1-3H3,(H2,16,17)(H,18,19)/t15-/m0/s1. The number of aliphatic carboxylic acids is 1. The molecule has 0 saturated carbocycles. The average molecular weight is 328 g/mol. The van der Waals surface area contributed by atoms with Gasteiger partial charge in [0.25, 0.3) is 0 Å². The first-order valence-corrected chi connectivity index (χ1v) is 8.30. The van der Waals surface area contributed by atoms with E-state index in [1.165, 1.54) is 11.3 Å². The lowest BCUT2D eigenvalue weighted by molar-refractivity contribution is -0.151. The SMILES string of the molecule is CCOC(=O)[C@](CCC(=O)O)(CCC(C)C)c1csc(N)n1. The van der Waals surface area contributed by atoms with Gasteiger partial charge in [0.05, 0.1) is 12.3 Å². The maximum Gasteiger partial charge on any atom is 0.318 e. The summed E-state index contributed by atoms with van der Waals surface area (Å²) < 4.78 is 5.23. The predicted octanol–water partition coefficient (Wildman–Crippen LogP) is 2.83. The first-order valence-electron chi connectivity index (χ1n) is 7.42. The fraction of sp³-hybridized carbons (Fsp3) is 0.667. The van der Waals surface area contributed by atoms with E-state index >= 15 is 0 Å². The Labute approximate surface area is 134 Å². The highest BCUT2D eigenvalue weighted by Crippen LogP contribution is 2.38. The van der Waals surface area contributed by atoms with Crippen LogP contribution in [0.1, 0.15) is 52.1 Å². The molecule has 1 rings (SSSR count). The molecule has 0 fully saturated rings. The first-order chi connectivity index (χ1) is 10.3. The third kappa shape index (κ3) is 4.69. The molecule has 0 aliphatic rings. The van der Waals surface area contributed by atoms with Gasteiger partial charge in [0.15, 0.2) is 5.13 Å². The molecule has 6 nitrogen and oxygen atoms in total. The Hall–Kier alpha value is -1.63. The molecule has 0 aliphatic heterocycles. The predicted molar refractivity (Wildman–Crippen MR) is 85.8 cm³/mol. The molecule has 1 heterocycles. The van der Waals surface area contributed by atoms with Crippen LogP contribution < -0.4 is 5.73 Å². The Bertz CT molecular complexity index is 515. The quantitative estimate of drug-likeness (QED) is 0.676. The highest BCUT2D eigenvalue weighted by Gasteiger charge is 2.43. The summed E-state index contributed by atoms with van der Waals surface area (Å²) in [6, 6.07) is 0. The van der Waals surface area contributed by atoms with Crippen LogP contribution in [-0.4, -0.2) is 28.6 Å². The first kappa shape index (κ1) is 18.4. The Morgan fingerprint density at radius 3 is 2.59 bits per heavy atom. The summed E-state index contributed by atoms with van der Waals surface area (Å²) in [5.74, 6) is -0.974. The number of ether oxygens (including phenoxy) is 1. The molecule has 1 aromatic heterocycles. The zero-order chi connectivity index (χ0) is 16.8. The van der Waals surface area contributed by atoms with Crippen molar-refractivity contribution in [2.75, 3.05) is 12.3 Å². The van der Waals surface area contributed by atoms with E-state index in [1.54, 1.807) is 12.3 Å². The molecule has 7 heteroatoms. The molecule has 0 spiro atoms. The van der Waals surface area contributed by atoms with Gasteiger partial charge >= 0.3 is 11.9 Å². The van der Waals surface area contributed by atoms with E-state index in [-0.39, 0.29) is 19.4 Å². The fourth-order valence-electron chi connectivity index (χ4n) is 2.32. The van der Waals surface area contributed by atoms with Gasteiger partial charge in [-0.3, -0.25) is 9.59 Å². The number of carboxylic acids is 1. The van der Waals surface area contributed by atoms with Crippen LogP contribution in [-0.2, 0) is 19.7 Å². The molecule has 0 bridgehead atoms. The van der Waals surface area contributed by atoms with Crippen molar-refractivity contribution >= 4 is 28.4 Å². The molecule has 124 valence electrons. The van der Waals surface area contributed by atoms with Crippen molar-refractivity contribution < 1.29 is 19.4 Å². The van der Waals surface area contributed by atoms with Crippen molar-refractivity contribution in [1.29, 1.82) is 0 Å². The van der Waals surface area contributed by atoms with Crippen LogP contribution in [0.4, 0.5) is 5.13 Å². The summed E-state index contributed by atoms with van der Waals surface area (Å²) in [7, 11) is 0. The summed E-state index contributed by atoms with van der Waals surface area (Å²) in [6.45, 7) is 6.09. The van der Waals surface area contributed by atoms with Crippen LogP contribution in [0, 0.1) is 5.92 Å². The molecule has 0 unspecified atom stereocenters. The number of aromatic nitrogens is 1. The van der Waals surface area contributed by atoms with Crippen LogP contribution in [0.2, 0.25) is 0 Å². The summed E-state index contributed by atoms with van der Waals surface area (Å²) in [5, 5.41) is 11.1. The largest absolute Gasteiger partial charge is 0.481 e. The monoisotopic (exact) mass is 328 g/mol. The van der Waals surface area contributed by atoms with Crippen molar-refractivity contribution in [2.24, 2.45) is 5.92 Å². The van der Waals surface area contributed by atoms with Gasteiger partial charge < -0.3 is 15.6 Å². The van der Waals surface area contributed by atoms with Gasteiger partial charge in [-0.1, -0.05) is 13.8 Å². The second kappa shape index (κ2) is 8.12. The minimum atomic E-state index is -1.03. The van der Waals surface area contributed by atoms with Crippen molar-refractivity contribution in [1.82, 2.24) is 4.98 Å². The number of carbonyl (C=O) groups excluding carboxylic acids is 1. The summed E-state index contributed by atoms with van der Waals surface area (Å²) in [5.41, 5.74) is 5.19. The van der Waals surface area contributed by atoms with Crippen molar-refractivity contribution in [2.45, 2.75) is 51.9 Å². The Balaban J connectivity index is 3.20. The number of esters is 1. The van der Waals surface area contributed by atoms with Crippen LogP contribution in [0.25, 0.3) is 0 Å². The number of carboxylic acid groups (broad SMARTS) is 1. The number of nitrogens with zero attached hydrogens (tertiary/aromatic N) is 1. The van der Waals surface area contributed by atoms with E-state index in [1.807, 2.05) is 0 Å². The van der Waals surface area contributed by atoms with Crippen LogP contribution in [0.3, 0.4) is 0 Å². The summed E-state index contributed by atoms with van der Waals surface area (Å²) in [4.78, 5) is 27.9. The average Bonchev–Trinajstić information content (AvgIpc) is 2.86. The van der Waals surface area contributed by atoms with Crippen molar-refractivity contribution in [3.63, 3.8) is 0 Å². The molecule has 0 radical (unpaired) electrons. The molecule has 22 heavy (non-hydrogen) atoms. The topological polar surface area (TPSA) is 103 Å². The van der Waals surface area contributed by atoms with Crippen LogP contribution >= 0.6 is 11.3 Å². The fourth-order valence-corrected chi connectivity index (χ4v) is 2.98. The smallest absolute Gasteiger partial charge is 0.318 e. The second-order valence-electron chi connectivity index (χ2n) is 5.70. The van der Waals surface area contributed by atoms with Gasteiger partial charge in [0.1, 0.15) is 5.41 Å². The molecule has 3 N–H and O–H groups in total. The number of carbonyl (C=O) groups is 2. The van der Waals surface area contributed by atoms with E-state index in [0.717, 1.165) is 6.42 Å². The highest BCUT2D eigenvalue weighted by molar-refractivity contribution is 7.13. The Kier molecular flexibility index (Phi) is 6.80. The summed E-state index contributed by atoms with van der Waals surface area (Å²) in [6.07, 6.45) is 1.32. The van der Waals surface area contributed by atoms with E-state index in [4.69, 9.17) is 15.6 Å². The molecule has 1 atom stereocenters. The van der Waals surface area contributed by atoms with Gasteiger partial charge in [-0.2, -0.15) is 0 Å². The maximum atomic E-state index is 12.6. The zero-order valence-electron chi connectivity index (χ0n) is 13.3. The number of nitrogens with two attached hydrogens (primary N) is 1. The normalized spacial score (nSPS) is 13.8. The number of hydrogen-bond donors (Lipinski definition) is 2. The van der Waals surface area contributed by atoms with Crippen LogP contribution in [0.5, 0.6) is 0 Å². The van der Waals surface area contributed by atoms with Gasteiger partial charge in [-0.15, -0.1) is 11.3 Å². The number of hydrogen-bond acceptors (Lipinski definition) is 6. The van der Waals surface area contributed by atoms with Gasteiger partial charge in [0, 0.05) is 11.8 Å². The third-order valence-corrected chi connectivity index (χ3v) is 4.27. The molecule has 0 aromatic carbocycles. The lowest BCUT2D eigenvalue weighted by Gasteiger charge is -2.30. The van der Waals surface area contributed by atoms with E-state index in [9.17, 15) is 9.59 Å². The lowest BCUT2D eigenvalue weighted by Crippen LogP contribution is -2.39. The Morgan fingerprint density at radius 1 is 1.45 bits per heavy atom. The van der Waals surface area contributed by atoms with Gasteiger partial charge in [-0.05, 0) is 32.1 Å². The Morgan fingerprint density at radius 2 is 2.14 bits per heavy atom. The minimum Gasteiger partial charge on any atom is -0.481 e. The van der Waals surface area contributed by atoms with Crippen molar-refractivity contribution in [3.05, 3.63) is 11.1 Å². The number of rotatable bonds is 9. The zero-order valence-corrected chi connectivity index (χ0v) is 14.1. The van der Waals surface area contributed by atoms with Crippen LogP contribution in [0.15, 0.2) is 5.38 Å². The molecule has 0 saturated heterocycles.